The van der Waals surface area contributed by atoms with E-state index in [0.29, 0.717) is 6.04 Å². The molecule has 1 aromatic rings. The summed E-state index contributed by atoms with van der Waals surface area (Å²) in [6.07, 6.45) is 1.05. The molecule has 0 bridgehead atoms. The van der Waals surface area contributed by atoms with Gasteiger partial charge in [0.05, 0.1) is 0 Å². The van der Waals surface area contributed by atoms with Crippen molar-refractivity contribution in [3.05, 3.63) is 34.9 Å². The fourth-order valence-electron chi connectivity index (χ4n) is 1.45. The molecule has 0 amide bonds. The molecule has 1 N–H and O–H groups in total. The summed E-state index contributed by atoms with van der Waals surface area (Å²) >= 11 is 7.92. The molecule has 84 valence electrons. The molecule has 0 spiro atoms. The molecule has 15 heavy (non-hydrogen) atoms. The van der Waals surface area contributed by atoms with E-state index in [0.717, 1.165) is 17.2 Å². The first-order valence-corrected chi connectivity index (χ1v) is 6.79. The van der Waals surface area contributed by atoms with Crippen LogP contribution in [-0.2, 0) is 6.42 Å². The maximum atomic E-state index is 5.95. The standard InChI is InChI=1S/C12H18ClNS/c1-3-15-9-12(14-2)8-10-5-4-6-11(13)7-10/h4-7,12,14H,3,8-9H2,1-2H3. The number of hydrogen-bond acceptors (Lipinski definition) is 2. The van der Waals surface area contributed by atoms with Gasteiger partial charge in [-0.25, -0.2) is 0 Å². The highest BCUT2D eigenvalue weighted by atomic mass is 35.5. The molecule has 0 saturated carbocycles. The summed E-state index contributed by atoms with van der Waals surface area (Å²) in [6, 6.07) is 8.64. The monoisotopic (exact) mass is 243 g/mol. The van der Waals surface area contributed by atoms with Gasteiger partial charge < -0.3 is 5.32 Å². The van der Waals surface area contributed by atoms with Gasteiger partial charge in [-0.3, -0.25) is 0 Å². The van der Waals surface area contributed by atoms with E-state index in [1.807, 2.05) is 37.0 Å². The third-order valence-electron chi connectivity index (χ3n) is 2.30. The Bertz CT molecular complexity index is 291. The van der Waals surface area contributed by atoms with Crippen molar-refractivity contribution >= 4 is 23.4 Å². The quantitative estimate of drug-likeness (QED) is 0.824. The maximum absolute atomic E-state index is 5.95. The lowest BCUT2D eigenvalue weighted by Gasteiger charge is -2.15. The molecule has 0 aliphatic rings. The van der Waals surface area contributed by atoms with Crippen LogP contribution >= 0.6 is 23.4 Å². The molecule has 1 nitrogen and oxygen atoms in total. The average molecular weight is 244 g/mol. The highest BCUT2D eigenvalue weighted by Crippen LogP contribution is 2.13. The maximum Gasteiger partial charge on any atom is 0.0408 e. The molecule has 0 fully saturated rings. The summed E-state index contributed by atoms with van der Waals surface area (Å²) in [5.74, 6) is 2.33. The van der Waals surface area contributed by atoms with Crippen LogP contribution in [0.25, 0.3) is 0 Å². The van der Waals surface area contributed by atoms with Crippen molar-refractivity contribution in [2.24, 2.45) is 0 Å². The van der Waals surface area contributed by atoms with Crippen molar-refractivity contribution in [2.45, 2.75) is 19.4 Å². The van der Waals surface area contributed by atoms with Gasteiger partial charge in [-0.2, -0.15) is 11.8 Å². The molecule has 0 aliphatic carbocycles. The Morgan fingerprint density at radius 3 is 2.87 bits per heavy atom. The first-order valence-electron chi connectivity index (χ1n) is 5.25. The number of rotatable bonds is 6. The van der Waals surface area contributed by atoms with Crippen molar-refractivity contribution < 1.29 is 0 Å². The molecule has 1 aromatic carbocycles. The Hall–Kier alpha value is -0.180. The van der Waals surface area contributed by atoms with Gasteiger partial charge in [-0.05, 0) is 36.9 Å². The zero-order valence-corrected chi connectivity index (χ0v) is 10.9. The summed E-state index contributed by atoms with van der Waals surface area (Å²) in [7, 11) is 2.02. The number of nitrogens with one attached hydrogen (secondary N) is 1. The third kappa shape index (κ3) is 4.92. The minimum Gasteiger partial charge on any atom is -0.316 e. The summed E-state index contributed by atoms with van der Waals surface area (Å²) in [5, 5.41) is 4.17. The summed E-state index contributed by atoms with van der Waals surface area (Å²) in [6.45, 7) is 2.19. The van der Waals surface area contributed by atoms with Crippen LogP contribution in [0.1, 0.15) is 12.5 Å². The van der Waals surface area contributed by atoms with Crippen molar-refractivity contribution in [3.63, 3.8) is 0 Å². The van der Waals surface area contributed by atoms with Crippen LogP contribution in [0.4, 0.5) is 0 Å². The van der Waals surface area contributed by atoms with Gasteiger partial charge in [0.15, 0.2) is 0 Å². The first-order chi connectivity index (χ1) is 7.26. The lowest BCUT2D eigenvalue weighted by molar-refractivity contribution is 0.617. The van der Waals surface area contributed by atoms with Crippen LogP contribution in [0.5, 0.6) is 0 Å². The fraction of sp³-hybridized carbons (Fsp3) is 0.500. The number of benzene rings is 1. The van der Waals surface area contributed by atoms with Gasteiger partial charge in [0.2, 0.25) is 0 Å². The van der Waals surface area contributed by atoms with Crippen LogP contribution in [0.15, 0.2) is 24.3 Å². The van der Waals surface area contributed by atoms with E-state index < -0.39 is 0 Å². The average Bonchev–Trinajstić information content (AvgIpc) is 2.24. The Balaban J connectivity index is 2.50. The van der Waals surface area contributed by atoms with Gasteiger partial charge in [0.25, 0.3) is 0 Å². The van der Waals surface area contributed by atoms with Gasteiger partial charge in [-0.1, -0.05) is 30.7 Å². The highest BCUT2D eigenvalue weighted by Gasteiger charge is 2.06. The van der Waals surface area contributed by atoms with Crippen LogP contribution in [0, 0.1) is 0 Å². The Labute approximate surface area is 102 Å². The molecule has 3 heteroatoms. The van der Waals surface area contributed by atoms with E-state index in [-0.39, 0.29) is 0 Å². The Morgan fingerprint density at radius 1 is 1.47 bits per heavy atom. The molecule has 0 aromatic heterocycles. The number of thioether (sulfide) groups is 1. The van der Waals surface area contributed by atoms with Crippen molar-refractivity contribution in [2.75, 3.05) is 18.6 Å². The van der Waals surface area contributed by atoms with Crippen molar-refractivity contribution in [1.29, 1.82) is 0 Å². The molecule has 0 aliphatic heterocycles. The third-order valence-corrected chi connectivity index (χ3v) is 3.58. The van der Waals surface area contributed by atoms with E-state index in [4.69, 9.17) is 11.6 Å². The summed E-state index contributed by atoms with van der Waals surface area (Å²) < 4.78 is 0. The lowest BCUT2D eigenvalue weighted by atomic mass is 10.1. The molecular formula is C12H18ClNS. The van der Waals surface area contributed by atoms with Gasteiger partial charge in [0, 0.05) is 16.8 Å². The van der Waals surface area contributed by atoms with Gasteiger partial charge in [0.1, 0.15) is 0 Å². The number of likely N-dealkylation sites (N-methyl/N-ethyl adjacent to an activating group) is 1. The van der Waals surface area contributed by atoms with E-state index in [1.54, 1.807) is 0 Å². The Morgan fingerprint density at radius 2 is 2.27 bits per heavy atom. The summed E-state index contributed by atoms with van der Waals surface area (Å²) in [4.78, 5) is 0. The zero-order chi connectivity index (χ0) is 11.1. The topological polar surface area (TPSA) is 12.0 Å². The Kier molecular flexibility index (Phi) is 6.15. The van der Waals surface area contributed by atoms with Gasteiger partial charge >= 0.3 is 0 Å². The number of hydrogen-bond donors (Lipinski definition) is 1. The van der Waals surface area contributed by atoms with Crippen molar-refractivity contribution in [3.8, 4) is 0 Å². The minimum absolute atomic E-state index is 0.536. The van der Waals surface area contributed by atoms with Crippen LogP contribution < -0.4 is 5.32 Å². The predicted molar refractivity (Wildman–Crippen MR) is 71.0 cm³/mol. The van der Waals surface area contributed by atoms with Crippen LogP contribution in [0.2, 0.25) is 5.02 Å². The van der Waals surface area contributed by atoms with E-state index in [1.165, 1.54) is 11.3 Å². The largest absolute Gasteiger partial charge is 0.316 e. The molecule has 0 heterocycles. The molecule has 1 unspecified atom stereocenters. The minimum atomic E-state index is 0.536. The molecule has 1 rings (SSSR count). The predicted octanol–water partition coefficient (Wildman–Crippen LogP) is 3.22. The second kappa shape index (κ2) is 7.15. The molecular weight excluding hydrogens is 226 g/mol. The van der Waals surface area contributed by atoms with Crippen molar-refractivity contribution in [1.82, 2.24) is 5.32 Å². The first kappa shape index (κ1) is 12.9. The van der Waals surface area contributed by atoms with Crippen LogP contribution in [0.3, 0.4) is 0 Å². The molecule has 0 radical (unpaired) electrons. The van der Waals surface area contributed by atoms with Crippen LogP contribution in [-0.4, -0.2) is 24.6 Å². The molecule has 0 saturated heterocycles. The lowest BCUT2D eigenvalue weighted by Crippen LogP contribution is -2.30. The normalized spacial score (nSPS) is 12.7. The highest BCUT2D eigenvalue weighted by molar-refractivity contribution is 7.99. The zero-order valence-electron chi connectivity index (χ0n) is 9.29. The van der Waals surface area contributed by atoms with E-state index in [9.17, 15) is 0 Å². The second-order valence-corrected chi connectivity index (χ2v) is 5.23. The smallest absolute Gasteiger partial charge is 0.0408 e. The SMILES string of the molecule is CCSCC(Cc1cccc(Cl)c1)NC. The van der Waals surface area contributed by atoms with E-state index in [2.05, 4.69) is 18.3 Å². The van der Waals surface area contributed by atoms with Gasteiger partial charge in [-0.15, -0.1) is 0 Å². The number of halogens is 1. The molecule has 1 atom stereocenters. The van der Waals surface area contributed by atoms with E-state index >= 15 is 0 Å². The summed E-state index contributed by atoms with van der Waals surface area (Å²) in [5.41, 5.74) is 1.30. The fourth-order valence-corrected chi connectivity index (χ4v) is 2.47. The second-order valence-electron chi connectivity index (χ2n) is 3.48.